The summed E-state index contributed by atoms with van der Waals surface area (Å²) in [4.78, 5) is 11.1. The molecule has 1 aromatic rings. The van der Waals surface area contributed by atoms with Crippen LogP contribution in [0.3, 0.4) is 0 Å². The van der Waals surface area contributed by atoms with E-state index in [0.29, 0.717) is 11.5 Å². The molecule has 0 amide bonds. The van der Waals surface area contributed by atoms with Crippen molar-refractivity contribution in [1.82, 2.24) is 4.67 Å². The second-order valence-electron chi connectivity index (χ2n) is 4.20. The molecule has 1 unspecified atom stereocenters. The summed E-state index contributed by atoms with van der Waals surface area (Å²) in [6, 6.07) is 7.36. The van der Waals surface area contributed by atoms with Crippen LogP contribution in [-0.2, 0) is 0 Å². The zero-order chi connectivity index (χ0) is 13.5. The summed E-state index contributed by atoms with van der Waals surface area (Å²) < 4.78 is 2.21. The molecule has 1 aliphatic rings. The average molecular weight is 267 g/mol. The third kappa shape index (κ3) is 3.79. The standard InChI is InChI=1S/C12H16NO2P.C2H6/c14-12(15)11-4-2-1-3-10(11)9-5-7-13(16)8-6-9;1-2/h1-4,9H,5-8,16H2,(H,14,15);1-2H3. The van der Waals surface area contributed by atoms with Crippen molar-refractivity contribution in [2.24, 2.45) is 0 Å². The highest BCUT2D eigenvalue weighted by Crippen LogP contribution is 2.31. The number of nitrogens with zero attached hydrogens (tertiary/aromatic N) is 1. The van der Waals surface area contributed by atoms with Crippen LogP contribution in [0.4, 0.5) is 0 Å². The van der Waals surface area contributed by atoms with Crippen LogP contribution in [-0.4, -0.2) is 28.8 Å². The van der Waals surface area contributed by atoms with E-state index in [0.717, 1.165) is 31.5 Å². The maximum Gasteiger partial charge on any atom is 0.335 e. The van der Waals surface area contributed by atoms with Crippen LogP contribution in [0.15, 0.2) is 24.3 Å². The van der Waals surface area contributed by atoms with E-state index in [1.165, 1.54) is 0 Å². The van der Waals surface area contributed by atoms with E-state index in [1.54, 1.807) is 12.1 Å². The Morgan fingerprint density at radius 2 is 1.83 bits per heavy atom. The number of piperidine rings is 1. The minimum Gasteiger partial charge on any atom is -0.478 e. The molecule has 1 atom stereocenters. The molecule has 1 aliphatic heterocycles. The van der Waals surface area contributed by atoms with E-state index in [-0.39, 0.29) is 0 Å². The van der Waals surface area contributed by atoms with Crippen LogP contribution < -0.4 is 0 Å². The first-order chi connectivity index (χ1) is 8.68. The summed E-state index contributed by atoms with van der Waals surface area (Å²) >= 11 is 0. The molecule has 0 radical (unpaired) electrons. The lowest BCUT2D eigenvalue weighted by Crippen LogP contribution is -2.25. The van der Waals surface area contributed by atoms with Crippen molar-refractivity contribution in [3.8, 4) is 0 Å². The summed E-state index contributed by atoms with van der Waals surface area (Å²) in [5.41, 5.74) is 1.46. The van der Waals surface area contributed by atoms with Gasteiger partial charge in [0.05, 0.1) is 5.56 Å². The lowest BCUT2D eigenvalue weighted by Gasteiger charge is -2.29. The molecule has 0 saturated carbocycles. The second kappa shape index (κ2) is 7.50. The quantitative estimate of drug-likeness (QED) is 0.835. The van der Waals surface area contributed by atoms with E-state index in [2.05, 4.69) is 14.1 Å². The first-order valence-corrected chi connectivity index (χ1v) is 7.02. The van der Waals surface area contributed by atoms with E-state index in [1.807, 2.05) is 26.0 Å². The molecule has 0 aromatic heterocycles. The molecular formula is C14H22NO2P. The summed E-state index contributed by atoms with van der Waals surface area (Å²) in [7, 11) is 2.71. The van der Waals surface area contributed by atoms with Gasteiger partial charge in [0.1, 0.15) is 0 Å². The summed E-state index contributed by atoms with van der Waals surface area (Å²) in [5.74, 6) is -0.423. The number of hydrogen-bond acceptors (Lipinski definition) is 2. The molecule has 2 rings (SSSR count). The third-order valence-electron chi connectivity index (χ3n) is 3.16. The Morgan fingerprint density at radius 1 is 1.28 bits per heavy atom. The fourth-order valence-electron chi connectivity index (χ4n) is 2.26. The van der Waals surface area contributed by atoms with E-state index in [9.17, 15) is 4.79 Å². The van der Waals surface area contributed by atoms with Crippen molar-refractivity contribution in [3.63, 3.8) is 0 Å². The van der Waals surface area contributed by atoms with Crippen molar-refractivity contribution >= 4 is 15.4 Å². The van der Waals surface area contributed by atoms with Gasteiger partial charge >= 0.3 is 5.97 Å². The summed E-state index contributed by atoms with van der Waals surface area (Å²) in [6.45, 7) is 6.03. The van der Waals surface area contributed by atoms with Crippen LogP contribution in [0.2, 0.25) is 0 Å². The molecule has 1 N–H and O–H groups in total. The molecule has 18 heavy (non-hydrogen) atoms. The van der Waals surface area contributed by atoms with Gasteiger partial charge in [-0.25, -0.2) is 4.79 Å². The first kappa shape index (κ1) is 15.1. The average Bonchev–Trinajstić information content (AvgIpc) is 2.42. The van der Waals surface area contributed by atoms with Gasteiger partial charge in [0.15, 0.2) is 0 Å². The highest BCUT2D eigenvalue weighted by molar-refractivity contribution is 7.13. The van der Waals surface area contributed by atoms with Gasteiger partial charge in [-0.15, -0.1) is 0 Å². The normalized spacial score (nSPS) is 16.8. The molecule has 0 aliphatic carbocycles. The molecule has 0 bridgehead atoms. The van der Waals surface area contributed by atoms with Gasteiger partial charge in [0.2, 0.25) is 0 Å². The number of hydrogen-bond donors (Lipinski definition) is 1. The highest BCUT2D eigenvalue weighted by atomic mass is 31.0. The van der Waals surface area contributed by atoms with Gasteiger partial charge < -0.3 is 5.11 Å². The van der Waals surface area contributed by atoms with Gasteiger partial charge in [-0.3, -0.25) is 4.67 Å². The zero-order valence-corrected chi connectivity index (χ0v) is 12.2. The van der Waals surface area contributed by atoms with Crippen LogP contribution in [0.1, 0.15) is 48.5 Å². The predicted octanol–water partition coefficient (Wildman–Crippen LogP) is 3.38. The van der Waals surface area contributed by atoms with Crippen molar-refractivity contribution in [2.45, 2.75) is 32.6 Å². The Kier molecular flexibility index (Phi) is 6.31. The van der Waals surface area contributed by atoms with Gasteiger partial charge in [-0.2, -0.15) is 0 Å². The highest BCUT2D eigenvalue weighted by Gasteiger charge is 2.22. The van der Waals surface area contributed by atoms with Gasteiger partial charge in [-0.1, -0.05) is 41.4 Å². The Morgan fingerprint density at radius 3 is 2.39 bits per heavy atom. The molecule has 100 valence electrons. The molecule has 1 aromatic carbocycles. The minimum atomic E-state index is -0.816. The SMILES string of the molecule is CC.O=C(O)c1ccccc1C1CCN(P)CC1. The predicted molar refractivity (Wildman–Crippen MR) is 78.0 cm³/mol. The minimum absolute atomic E-state index is 0.393. The van der Waals surface area contributed by atoms with Crippen LogP contribution in [0.25, 0.3) is 0 Å². The molecule has 0 spiro atoms. The Hall–Kier alpha value is -0.920. The molecule has 4 heteroatoms. The second-order valence-corrected chi connectivity index (χ2v) is 4.93. The van der Waals surface area contributed by atoms with E-state index in [4.69, 9.17) is 5.11 Å². The number of aromatic carboxylic acids is 1. The van der Waals surface area contributed by atoms with Crippen molar-refractivity contribution in [1.29, 1.82) is 0 Å². The third-order valence-corrected chi connectivity index (χ3v) is 3.68. The number of carbonyl (C=O) groups is 1. The van der Waals surface area contributed by atoms with Crippen molar-refractivity contribution in [2.75, 3.05) is 13.1 Å². The zero-order valence-electron chi connectivity index (χ0n) is 11.1. The summed E-state index contributed by atoms with van der Waals surface area (Å²) in [6.07, 6.45) is 2.07. The Balaban J connectivity index is 0.000000771. The monoisotopic (exact) mass is 267 g/mol. The fraction of sp³-hybridized carbons (Fsp3) is 0.500. The number of benzene rings is 1. The molecule has 1 fully saturated rings. The van der Waals surface area contributed by atoms with Gasteiger partial charge in [0, 0.05) is 13.1 Å². The Labute approximate surface area is 111 Å². The molecular weight excluding hydrogens is 245 g/mol. The maximum absolute atomic E-state index is 11.1. The van der Waals surface area contributed by atoms with E-state index < -0.39 is 5.97 Å². The van der Waals surface area contributed by atoms with E-state index >= 15 is 0 Å². The topological polar surface area (TPSA) is 40.5 Å². The largest absolute Gasteiger partial charge is 0.478 e. The number of rotatable bonds is 2. The lowest BCUT2D eigenvalue weighted by atomic mass is 9.87. The van der Waals surface area contributed by atoms with Crippen LogP contribution >= 0.6 is 9.39 Å². The smallest absolute Gasteiger partial charge is 0.335 e. The first-order valence-electron chi connectivity index (χ1n) is 6.50. The molecule has 1 saturated heterocycles. The lowest BCUT2D eigenvalue weighted by molar-refractivity contribution is 0.0694. The summed E-state index contributed by atoms with van der Waals surface area (Å²) in [5, 5.41) is 9.13. The van der Waals surface area contributed by atoms with Gasteiger partial charge in [-0.05, 0) is 30.4 Å². The van der Waals surface area contributed by atoms with Crippen molar-refractivity contribution in [3.05, 3.63) is 35.4 Å². The molecule has 3 nitrogen and oxygen atoms in total. The van der Waals surface area contributed by atoms with Crippen LogP contribution in [0, 0.1) is 0 Å². The maximum atomic E-state index is 11.1. The Bertz CT molecular complexity index is 387. The number of carboxylic acids is 1. The number of carboxylic acid groups (broad SMARTS) is 1. The molecule has 1 heterocycles. The van der Waals surface area contributed by atoms with Crippen LogP contribution in [0.5, 0.6) is 0 Å². The van der Waals surface area contributed by atoms with Gasteiger partial charge in [0.25, 0.3) is 0 Å². The fourth-order valence-corrected chi connectivity index (χ4v) is 2.56. The van der Waals surface area contributed by atoms with Crippen molar-refractivity contribution < 1.29 is 9.90 Å².